The molecule has 4 atom stereocenters. The molecule has 0 N–H and O–H groups in total. The number of hydrogen-bond acceptors (Lipinski definition) is 0. The first-order valence-electron chi connectivity index (χ1n) is 7.23. The van der Waals surface area contributed by atoms with Crippen LogP contribution in [-0.2, 0) is 0 Å². The second kappa shape index (κ2) is 3.50. The van der Waals surface area contributed by atoms with E-state index in [4.69, 9.17) is 0 Å². The molecular weight excluding hydrogens is 192 g/mol. The fraction of sp³-hybridized carbons (Fsp3) is 1.00. The van der Waals surface area contributed by atoms with Crippen molar-refractivity contribution < 1.29 is 0 Å². The van der Waals surface area contributed by atoms with Gasteiger partial charge in [0.15, 0.2) is 0 Å². The topological polar surface area (TPSA) is 0 Å². The molecule has 0 spiro atoms. The summed E-state index contributed by atoms with van der Waals surface area (Å²) in [5.74, 6) is 4.60. The van der Waals surface area contributed by atoms with Crippen LogP contribution in [0, 0.1) is 40.4 Å². The smallest absolute Gasteiger partial charge is 0.0238 e. The molecular formula is C16H30. The van der Waals surface area contributed by atoms with Crippen molar-refractivity contribution in [2.24, 2.45) is 40.4 Å². The number of hydrogen-bond donors (Lipinski definition) is 0. The van der Waals surface area contributed by atoms with Crippen molar-refractivity contribution >= 4 is 0 Å². The molecule has 0 radical (unpaired) electrons. The molecule has 0 nitrogen and oxygen atoms in total. The molecule has 0 heteroatoms. The van der Waals surface area contributed by atoms with Crippen LogP contribution in [0.1, 0.15) is 61.3 Å². The van der Waals surface area contributed by atoms with Gasteiger partial charge in [-0.1, -0.05) is 48.5 Å². The third kappa shape index (κ3) is 1.28. The Hall–Kier alpha value is 0. The summed E-state index contributed by atoms with van der Waals surface area (Å²) in [5, 5.41) is 0. The molecule has 94 valence electrons. The maximum atomic E-state index is 2.58. The Labute approximate surface area is 102 Å². The molecule has 2 bridgehead atoms. The minimum atomic E-state index is 0.566. The summed E-state index contributed by atoms with van der Waals surface area (Å²) in [6, 6.07) is 0. The van der Waals surface area contributed by atoms with E-state index in [0.717, 1.165) is 29.6 Å². The maximum absolute atomic E-state index is 2.58. The highest BCUT2D eigenvalue weighted by molar-refractivity contribution is 5.14. The quantitative estimate of drug-likeness (QED) is 0.617. The van der Waals surface area contributed by atoms with Crippen LogP contribution in [0.15, 0.2) is 0 Å². The van der Waals surface area contributed by atoms with Crippen LogP contribution in [0.25, 0.3) is 0 Å². The summed E-state index contributed by atoms with van der Waals surface area (Å²) in [7, 11) is 0. The van der Waals surface area contributed by atoms with E-state index in [1.807, 2.05) is 0 Å². The molecule has 2 saturated carbocycles. The van der Waals surface area contributed by atoms with Crippen LogP contribution >= 0.6 is 0 Å². The lowest BCUT2D eigenvalue weighted by Gasteiger charge is -2.43. The number of rotatable bonds is 2. The normalized spacial score (nSPS) is 45.9. The highest BCUT2D eigenvalue weighted by atomic mass is 14.7. The molecule has 0 amide bonds. The van der Waals surface area contributed by atoms with Gasteiger partial charge in [0.1, 0.15) is 0 Å². The Morgan fingerprint density at radius 1 is 0.938 bits per heavy atom. The van der Waals surface area contributed by atoms with Crippen LogP contribution < -0.4 is 0 Å². The minimum absolute atomic E-state index is 0.566. The third-order valence-corrected chi connectivity index (χ3v) is 6.48. The Morgan fingerprint density at radius 3 is 1.88 bits per heavy atom. The van der Waals surface area contributed by atoms with Crippen molar-refractivity contribution in [2.75, 3.05) is 0 Å². The van der Waals surface area contributed by atoms with E-state index in [1.165, 1.54) is 12.8 Å². The second-order valence-corrected chi connectivity index (χ2v) is 7.88. The standard InChI is InChI=1S/C16H30/c1-10(2)13-12-8-9-16(7,15(12,5)6)14(13)11(3)4/h10-14H,8-9H2,1-7H3/t12?,13-,14-,16?/m0/s1. The Morgan fingerprint density at radius 2 is 1.50 bits per heavy atom. The summed E-state index contributed by atoms with van der Waals surface area (Å²) in [6.45, 7) is 17.5. The van der Waals surface area contributed by atoms with Crippen LogP contribution in [0.5, 0.6) is 0 Å². The first kappa shape index (κ1) is 12.5. The zero-order valence-corrected chi connectivity index (χ0v) is 12.3. The predicted octanol–water partition coefficient (Wildman–Crippen LogP) is 4.99. The molecule has 0 saturated heterocycles. The van der Waals surface area contributed by atoms with Gasteiger partial charge in [0.2, 0.25) is 0 Å². The minimum Gasteiger partial charge on any atom is -0.0625 e. The molecule has 2 aliphatic carbocycles. The van der Waals surface area contributed by atoms with Gasteiger partial charge < -0.3 is 0 Å². The molecule has 0 aromatic carbocycles. The lowest BCUT2D eigenvalue weighted by molar-refractivity contribution is 0.0485. The molecule has 0 aliphatic heterocycles. The fourth-order valence-electron chi connectivity index (χ4n) is 5.57. The molecule has 2 rings (SSSR count). The van der Waals surface area contributed by atoms with E-state index < -0.39 is 0 Å². The summed E-state index contributed by atoms with van der Waals surface area (Å²) >= 11 is 0. The lowest BCUT2D eigenvalue weighted by Crippen LogP contribution is -2.37. The molecule has 16 heavy (non-hydrogen) atoms. The van der Waals surface area contributed by atoms with Gasteiger partial charge in [0.25, 0.3) is 0 Å². The van der Waals surface area contributed by atoms with Gasteiger partial charge in [0.05, 0.1) is 0 Å². The van der Waals surface area contributed by atoms with Gasteiger partial charge in [-0.3, -0.25) is 0 Å². The Bertz CT molecular complexity index is 274. The fourth-order valence-corrected chi connectivity index (χ4v) is 5.57. The van der Waals surface area contributed by atoms with Gasteiger partial charge in [-0.2, -0.15) is 0 Å². The van der Waals surface area contributed by atoms with Gasteiger partial charge >= 0.3 is 0 Å². The van der Waals surface area contributed by atoms with Crippen molar-refractivity contribution in [3.05, 3.63) is 0 Å². The van der Waals surface area contributed by atoms with Crippen molar-refractivity contribution in [2.45, 2.75) is 61.3 Å². The van der Waals surface area contributed by atoms with Crippen molar-refractivity contribution in [1.29, 1.82) is 0 Å². The number of fused-ring (bicyclic) bond motifs is 2. The van der Waals surface area contributed by atoms with Crippen molar-refractivity contribution in [3.63, 3.8) is 0 Å². The highest BCUT2D eigenvalue weighted by Gasteiger charge is 2.66. The largest absolute Gasteiger partial charge is 0.0625 e. The molecule has 0 aromatic heterocycles. The molecule has 2 unspecified atom stereocenters. The summed E-state index contributed by atoms with van der Waals surface area (Å²) in [6.07, 6.45) is 2.95. The van der Waals surface area contributed by atoms with Crippen LogP contribution in [-0.4, -0.2) is 0 Å². The summed E-state index contributed by atoms with van der Waals surface area (Å²) in [4.78, 5) is 0. The molecule has 2 aliphatic rings. The lowest BCUT2D eigenvalue weighted by atomic mass is 9.61. The van der Waals surface area contributed by atoms with Crippen molar-refractivity contribution in [3.8, 4) is 0 Å². The molecule has 0 aromatic rings. The van der Waals surface area contributed by atoms with Crippen molar-refractivity contribution in [1.82, 2.24) is 0 Å². The van der Waals surface area contributed by atoms with E-state index in [9.17, 15) is 0 Å². The monoisotopic (exact) mass is 222 g/mol. The second-order valence-electron chi connectivity index (χ2n) is 7.88. The zero-order valence-electron chi connectivity index (χ0n) is 12.3. The van der Waals surface area contributed by atoms with E-state index in [0.29, 0.717) is 10.8 Å². The maximum Gasteiger partial charge on any atom is -0.0238 e. The molecule has 2 fully saturated rings. The third-order valence-electron chi connectivity index (χ3n) is 6.48. The summed E-state index contributed by atoms with van der Waals surface area (Å²) in [5.41, 5.74) is 1.16. The van der Waals surface area contributed by atoms with Crippen LogP contribution in [0.2, 0.25) is 0 Å². The average Bonchev–Trinajstić information content (AvgIpc) is 2.45. The molecule has 0 heterocycles. The zero-order chi connectivity index (χ0) is 12.3. The SMILES string of the molecule is CC(C)[C@H]1C2CCC(C)([C@H]1C(C)C)C2(C)C. The van der Waals surface area contributed by atoms with E-state index in [1.54, 1.807) is 0 Å². The highest BCUT2D eigenvalue weighted by Crippen LogP contribution is 2.72. The summed E-state index contributed by atoms with van der Waals surface area (Å²) < 4.78 is 0. The van der Waals surface area contributed by atoms with Gasteiger partial charge in [-0.05, 0) is 53.3 Å². The van der Waals surface area contributed by atoms with Gasteiger partial charge in [-0.25, -0.2) is 0 Å². The Balaban J connectivity index is 2.44. The Kier molecular flexibility index (Phi) is 2.72. The average molecular weight is 222 g/mol. The predicted molar refractivity (Wildman–Crippen MR) is 71.3 cm³/mol. The van der Waals surface area contributed by atoms with E-state index in [2.05, 4.69) is 48.5 Å². The van der Waals surface area contributed by atoms with Crippen LogP contribution in [0.4, 0.5) is 0 Å². The first-order chi connectivity index (χ1) is 7.23. The van der Waals surface area contributed by atoms with E-state index >= 15 is 0 Å². The van der Waals surface area contributed by atoms with Crippen LogP contribution in [0.3, 0.4) is 0 Å². The first-order valence-corrected chi connectivity index (χ1v) is 7.23. The van der Waals surface area contributed by atoms with Gasteiger partial charge in [0, 0.05) is 0 Å². The van der Waals surface area contributed by atoms with E-state index in [-0.39, 0.29) is 0 Å². The van der Waals surface area contributed by atoms with Gasteiger partial charge in [-0.15, -0.1) is 0 Å².